The van der Waals surface area contributed by atoms with Crippen LogP contribution in [0.25, 0.3) is 0 Å². The maximum absolute atomic E-state index is 8.28. The van der Waals surface area contributed by atoms with Gasteiger partial charge in [-0.3, -0.25) is 0 Å². The second-order valence-corrected chi connectivity index (χ2v) is 1.75. The molecule has 4 nitrogen and oxygen atoms in total. The SMILES string of the molecule is OCC(O)CCl.OCCO. The van der Waals surface area contributed by atoms with E-state index < -0.39 is 6.10 Å². The molecule has 0 radical (unpaired) electrons. The van der Waals surface area contributed by atoms with Crippen LogP contribution in [0.5, 0.6) is 0 Å². The van der Waals surface area contributed by atoms with E-state index in [0.717, 1.165) is 0 Å². The Bertz CT molecular complexity index is 46.9. The monoisotopic (exact) mass is 172 g/mol. The maximum Gasteiger partial charge on any atom is 0.0905 e. The average Bonchev–Trinajstić information content (AvgIpc) is 2.03. The van der Waals surface area contributed by atoms with Gasteiger partial charge in [0.25, 0.3) is 0 Å². The quantitative estimate of drug-likeness (QED) is 0.393. The van der Waals surface area contributed by atoms with Gasteiger partial charge in [-0.2, -0.15) is 0 Å². The number of hydrogen-bond acceptors (Lipinski definition) is 4. The molecule has 0 rings (SSSR count). The Kier molecular flexibility index (Phi) is 15.2. The van der Waals surface area contributed by atoms with Crippen molar-refractivity contribution in [1.82, 2.24) is 0 Å². The van der Waals surface area contributed by atoms with Gasteiger partial charge in [0.15, 0.2) is 0 Å². The first-order valence-corrected chi connectivity index (χ1v) is 3.33. The van der Waals surface area contributed by atoms with Gasteiger partial charge in [-0.05, 0) is 0 Å². The minimum atomic E-state index is -0.744. The van der Waals surface area contributed by atoms with Crippen LogP contribution in [0.1, 0.15) is 0 Å². The minimum Gasteiger partial charge on any atom is -0.394 e. The van der Waals surface area contributed by atoms with Crippen molar-refractivity contribution in [2.45, 2.75) is 6.10 Å². The van der Waals surface area contributed by atoms with Crippen LogP contribution in [-0.2, 0) is 0 Å². The fourth-order valence-electron chi connectivity index (χ4n) is 0.0488. The van der Waals surface area contributed by atoms with E-state index in [-0.39, 0.29) is 25.7 Å². The number of halogens is 1. The summed E-state index contributed by atoms with van der Waals surface area (Å²) in [4.78, 5) is 0. The van der Waals surface area contributed by atoms with E-state index in [9.17, 15) is 0 Å². The van der Waals surface area contributed by atoms with Crippen LogP contribution in [0.4, 0.5) is 0 Å². The zero-order valence-corrected chi connectivity index (χ0v) is 6.33. The van der Waals surface area contributed by atoms with E-state index >= 15 is 0 Å². The molecule has 0 aromatic heterocycles. The van der Waals surface area contributed by atoms with Gasteiger partial charge >= 0.3 is 0 Å². The lowest BCUT2D eigenvalue weighted by atomic mass is 10.5. The van der Waals surface area contributed by atoms with E-state index in [2.05, 4.69) is 0 Å². The highest BCUT2D eigenvalue weighted by atomic mass is 35.5. The highest BCUT2D eigenvalue weighted by Crippen LogP contribution is 1.81. The van der Waals surface area contributed by atoms with Crippen molar-refractivity contribution in [3.8, 4) is 0 Å². The molecule has 0 saturated heterocycles. The molecule has 5 heteroatoms. The molecule has 0 aliphatic rings. The van der Waals surface area contributed by atoms with Gasteiger partial charge < -0.3 is 20.4 Å². The van der Waals surface area contributed by atoms with E-state index in [0.29, 0.717) is 0 Å². The Balaban J connectivity index is 0. The standard InChI is InChI=1S/C3H7ClO2.C2H6O2/c4-1-3(6)2-5;3-1-2-4/h3,5-6H,1-2H2;3-4H,1-2H2. The summed E-state index contributed by atoms with van der Waals surface area (Å²) < 4.78 is 0. The second-order valence-electron chi connectivity index (χ2n) is 1.44. The van der Waals surface area contributed by atoms with Gasteiger partial charge in [-0.25, -0.2) is 0 Å². The molecule has 1 unspecified atom stereocenters. The van der Waals surface area contributed by atoms with Crippen molar-refractivity contribution < 1.29 is 20.4 Å². The van der Waals surface area contributed by atoms with Crippen LogP contribution in [-0.4, -0.2) is 52.2 Å². The van der Waals surface area contributed by atoms with E-state index in [1.807, 2.05) is 0 Å². The molecular formula is C5H13ClO4. The molecule has 0 amide bonds. The van der Waals surface area contributed by atoms with Gasteiger partial charge in [-0.15, -0.1) is 11.6 Å². The minimum absolute atomic E-state index is 0.108. The zero-order chi connectivity index (χ0) is 8.41. The Morgan fingerprint density at radius 2 is 1.50 bits per heavy atom. The van der Waals surface area contributed by atoms with Crippen molar-refractivity contribution in [3.63, 3.8) is 0 Å². The Hall–Kier alpha value is 0.130. The van der Waals surface area contributed by atoms with E-state index in [4.69, 9.17) is 32.0 Å². The Labute approximate surface area is 64.7 Å². The summed E-state index contributed by atoms with van der Waals surface area (Å²) >= 11 is 5.04. The molecule has 0 aromatic rings. The topological polar surface area (TPSA) is 80.9 Å². The van der Waals surface area contributed by atoms with E-state index in [1.54, 1.807) is 0 Å². The smallest absolute Gasteiger partial charge is 0.0905 e. The summed E-state index contributed by atoms with van der Waals surface area (Å²) in [6, 6.07) is 0. The fraction of sp³-hybridized carbons (Fsp3) is 1.00. The molecule has 0 bridgehead atoms. The molecule has 0 spiro atoms. The van der Waals surface area contributed by atoms with E-state index in [1.165, 1.54) is 0 Å². The summed E-state index contributed by atoms with van der Waals surface area (Å²) in [6.07, 6.45) is -0.744. The van der Waals surface area contributed by atoms with Gasteiger partial charge in [-0.1, -0.05) is 0 Å². The summed E-state index contributed by atoms with van der Waals surface area (Å²) in [5.74, 6) is 0.108. The lowest BCUT2D eigenvalue weighted by Gasteiger charge is -1.95. The lowest BCUT2D eigenvalue weighted by molar-refractivity contribution is 0.112. The predicted octanol–water partition coefficient (Wildman–Crippen LogP) is -1.45. The number of aliphatic hydroxyl groups excluding tert-OH is 4. The number of alkyl halides is 1. The second kappa shape index (κ2) is 11.9. The number of rotatable bonds is 3. The van der Waals surface area contributed by atoms with Crippen LogP contribution in [0.15, 0.2) is 0 Å². The molecule has 0 fully saturated rings. The average molecular weight is 173 g/mol. The molecular weight excluding hydrogens is 160 g/mol. The van der Waals surface area contributed by atoms with Crippen LogP contribution in [0.2, 0.25) is 0 Å². The number of hydrogen-bond donors (Lipinski definition) is 4. The highest BCUT2D eigenvalue weighted by Gasteiger charge is 1.94. The summed E-state index contributed by atoms with van der Waals surface area (Å²) in [7, 11) is 0. The highest BCUT2D eigenvalue weighted by molar-refractivity contribution is 6.18. The lowest BCUT2D eigenvalue weighted by Crippen LogP contribution is -2.12. The van der Waals surface area contributed by atoms with Crippen molar-refractivity contribution in [3.05, 3.63) is 0 Å². The largest absolute Gasteiger partial charge is 0.394 e. The Morgan fingerprint density at radius 3 is 1.50 bits per heavy atom. The van der Waals surface area contributed by atoms with Crippen LogP contribution in [0, 0.1) is 0 Å². The molecule has 1 atom stereocenters. The third kappa shape index (κ3) is 15.7. The van der Waals surface area contributed by atoms with Crippen molar-refractivity contribution in [2.24, 2.45) is 0 Å². The van der Waals surface area contributed by atoms with Crippen LogP contribution in [0.3, 0.4) is 0 Å². The summed E-state index contributed by atoms with van der Waals surface area (Å²) in [6.45, 7) is -0.497. The maximum atomic E-state index is 8.28. The van der Waals surface area contributed by atoms with Crippen LogP contribution < -0.4 is 0 Å². The van der Waals surface area contributed by atoms with Crippen molar-refractivity contribution in [1.29, 1.82) is 0 Å². The molecule has 64 valence electrons. The molecule has 10 heavy (non-hydrogen) atoms. The number of aliphatic hydroxyl groups is 4. The molecule has 0 aliphatic carbocycles. The summed E-state index contributed by atoms with van der Waals surface area (Å²) in [5, 5.41) is 31.5. The van der Waals surface area contributed by atoms with Gasteiger partial charge in [0.05, 0.1) is 31.8 Å². The fourth-order valence-corrected chi connectivity index (χ4v) is 0.146. The van der Waals surface area contributed by atoms with Crippen LogP contribution >= 0.6 is 11.6 Å². The van der Waals surface area contributed by atoms with Gasteiger partial charge in [0.2, 0.25) is 0 Å². The normalized spacial score (nSPS) is 11.7. The van der Waals surface area contributed by atoms with Gasteiger partial charge in [0, 0.05) is 0 Å². The third-order valence-corrected chi connectivity index (χ3v) is 0.845. The zero-order valence-electron chi connectivity index (χ0n) is 5.57. The van der Waals surface area contributed by atoms with Crippen molar-refractivity contribution in [2.75, 3.05) is 25.7 Å². The molecule has 0 saturated carbocycles. The Morgan fingerprint density at radius 1 is 1.10 bits per heavy atom. The third-order valence-electron chi connectivity index (χ3n) is 0.489. The molecule has 0 heterocycles. The summed E-state index contributed by atoms with van der Waals surface area (Å²) in [5.41, 5.74) is 0. The first kappa shape index (κ1) is 12.8. The van der Waals surface area contributed by atoms with Crippen molar-refractivity contribution >= 4 is 11.6 Å². The first-order valence-electron chi connectivity index (χ1n) is 2.79. The molecule has 4 N–H and O–H groups in total. The predicted molar refractivity (Wildman–Crippen MR) is 38.0 cm³/mol. The van der Waals surface area contributed by atoms with Gasteiger partial charge in [0.1, 0.15) is 0 Å². The molecule has 0 aromatic carbocycles. The first-order chi connectivity index (χ1) is 4.72. The molecule has 0 aliphatic heterocycles.